The van der Waals surface area contributed by atoms with Crippen molar-refractivity contribution in [2.45, 2.75) is 51.8 Å². The van der Waals surface area contributed by atoms with Crippen molar-refractivity contribution in [2.75, 3.05) is 30.4 Å². The average molecular weight is 694 g/mol. The molecule has 3 N–H and O–H groups in total. The maximum atomic E-state index is 11.4. The van der Waals surface area contributed by atoms with Crippen LogP contribution in [0.25, 0.3) is 44.6 Å². The van der Waals surface area contributed by atoms with Gasteiger partial charge in [0.1, 0.15) is 17.1 Å². The lowest BCUT2D eigenvalue weighted by molar-refractivity contribution is -0.145. The minimum absolute atomic E-state index is 0.0885. The van der Waals surface area contributed by atoms with Gasteiger partial charge in [0.05, 0.1) is 17.6 Å². The van der Waals surface area contributed by atoms with Gasteiger partial charge in [-0.3, -0.25) is 14.7 Å². The Hall–Kier alpha value is -5.83. The number of rotatable bonds is 9. The SMILES string of the molecule is Cc1c(Nc2nccc3cc(CN4CC[C@@H](O)C4)cnc23)cccc1-c1cccc(-c2nc3cc(N(C)[C@H]4C[C@@H](C(=O)O)C4)cc(C#N)c3o2)c1C. The molecule has 1 saturated heterocycles. The molecule has 2 fully saturated rings. The van der Waals surface area contributed by atoms with E-state index in [0.717, 1.165) is 75.2 Å². The summed E-state index contributed by atoms with van der Waals surface area (Å²) in [4.78, 5) is 30.0. The molecule has 0 radical (unpaired) electrons. The molecule has 0 amide bonds. The van der Waals surface area contributed by atoms with Crippen molar-refractivity contribution in [3.05, 3.63) is 95.3 Å². The Morgan fingerprint density at radius 3 is 2.58 bits per heavy atom. The van der Waals surface area contributed by atoms with Crippen LogP contribution in [-0.4, -0.2) is 68.3 Å². The van der Waals surface area contributed by atoms with E-state index in [4.69, 9.17) is 14.4 Å². The minimum Gasteiger partial charge on any atom is -0.481 e. The molecule has 1 saturated carbocycles. The van der Waals surface area contributed by atoms with Gasteiger partial charge >= 0.3 is 5.97 Å². The molecule has 1 atom stereocenters. The van der Waals surface area contributed by atoms with Crippen LogP contribution in [0.5, 0.6) is 0 Å². The summed E-state index contributed by atoms with van der Waals surface area (Å²) >= 11 is 0. The van der Waals surface area contributed by atoms with Crippen LogP contribution in [0.4, 0.5) is 17.2 Å². The molecule has 11 nitrogen and oxygen atoms in total. The Kier molecular flexibility index (Phi) is 8.57. The van der Waals surface area contributed by atoms with Gasteiger partial charge in [0.15, 0.2) is 11.4 Å². The fourth-order valence-corrected chi connectivity index (χ4v) is 7.58. The molecule has 262 valence electrons. The summed E-state index contributed by atoms with van der Waals surface area (Å²) in [5.41, 5.74) is 9.94. The largest absolute Gasteiger partial charge is 0.481 e. The number of nitrogens with one attached hydrogen (secondary N) is 1. The average Bonchev–Trinajstić information content (AvgIpc) is 3.73. The van der Waals surface area contributed by atoms with Gasteiger partial charge in [-0.25, -0.2) is 9.97 Å². The molecular weight excluding hydrogens is 654 g/mol. The molecule has 2 aliphatic rings. The lowest BCUT2D eigenvalue weighted by Crippen LogP contribution is -2.45. The van der Waals surface area contributed by atoms with Crippen LogP contribution in [0.15, 0.2) is 77.5 Å². The van der Waals surface area contributed by atoms with E-state index in [0.29, 0.717) is 47.8 Å². The Balaban J connectivity index is 1.08. The first-order chi connectivity index (χ1) is 25.2. The van der Waals surface area contributed by atoms with Gasteiger partial charge in [0.25, 0.3) is 0 Å². The molecule has 11 heteroatoms. The highest BCUT2D eigenvalue weighted by molar-refractivity contribution is 5.92. The third-order valence-electron chi connectivity index (χ3n) is 10.8. The number of nitrogens with zero attached hydrogens (tertiary/aromatic N) is 6. The lowest BCUT2D eigenvalue weighted by Gasteiger charge is -2.40. The second-order valence-corrected chi connectivity index (χ2v) is 14.1. The number of aliphatic hydroxyl groups excluding tert-OH is 1. The molecule has 3 aromatic carbocycles. The lowest BCUT2D eigenvalue weighted by atomic mass is 9.79. The molecule has 52 heavy (non-hydrogen) atoms. The number of carbonyl (C=O) groups is 1. The third kappa shape index (κ3) is 6.10. The predicted octanol–water partition coefficient (Wildman–Crippen LogP) is 7.20. The number of aliphatic carboxylic acids is 1. The number of benzene rings is 3. The highest BCUT2D eigenvalue weighted by Crippen LogP contribution is 2.39. The van der Waals surface area contributed by atoms with Crippen molar-refractivity contribution in [2.24, 2.45) is 5.92 Å². The summed E-state index contributed by atoms with van der Waals surface area (Å²) in [5, 5.41) is 33.8. The summed E-state index contributed by atoms with van der Waals surface area (Å²) in [7, 11) is 1.93. The van der Waals surface area contributed by atoms with Crippen molar-refractivity contribution in [3.8, 4) is 28.7 Å². The number of β-amino-alcohol motifs (C(OH)–C–C–N with tert-alkyl or cyclic N) is 1. The standard InChI is InChI=1S/C41H39N7O4/c1-23-32(6-4-8-34(23)40-46-36-18-30(17-28(19-42)38(36)52-40)47(3)29-15-27(16-29)41(50)51)33-7-5-9-35(24(33)2)45-39-37-26(10-12-43-39)14-25(20-44-37)21-48-13-11-31(49)22-48/h4-10,12,14,17-18,20,27,29,31,49H,11,13,15-16,21-22H2,1-3H3,(H,43,45)(H,50,51)/t27-,29+,31-/m1/s1. The van der Waals surface area contributed by atoms with Crippen LogP contribution in [0.2, 0.25) is 0 Å². The number of nitriles is 1. The fraction of sp³-hybridized carbons (Fsp3) is 0.293. The molecule has 8 rings (SSSR count). The van der Waals surface area contributed by atoms with Crippen LogP contribution in [0, 0.1) is 31.1 Å². The van der Waals surface area contributed by atoms with Crippen molar-refractivity contribution in [3.63, 3.8) is 0 Å². The van der Waals surface area contributed by atoms with Gasteiger partial charge in [0.2, 0.25) is 5.89 Å². The number of anilines is 3. The third-order valence-corrected chi connectivity index (χ3v) is 10.8. The Bertz CT molecular complexity index is 2390. The number of fused-ring (bicyclic) bond motifs is 2. The second kappa shape index (κ2) is 13.4. The second-order valence-electron chi connectivity index (χ2n) is 14.1. The van der Waals surface area contributed by atoms with Gasteiger partial charge < -0.3 is 24.8 Å². The molecule has 1 aliphatic heterocycles. The fourth-order valence-electron chi connectivity index (χ4n) is 7.58. The first kappa shape index (κ1) is 33.3. The topological polar surface area (TPSA) is 152 Å². The summed E-state index contributed by atoms with van der Waals surface area (Å²) < 4.78 is 6.28. The Labute approximate surface area is 301 Å². The number of aromatic nitrogens is 3. The summed E-state index contributed by atoms with van der Waals surface area (Å²) in [6.45, 7) is 6.46. The first-order valence-electron chi connectivity index (χ1n) is 17.6. The van der Waals surface area contributed by atoms with E-state index in [-0.39, 0.29) is 18.1 Å². The molecule has 0 spiro atoms. The number of aliphatic hydroxyl groups is 1. The van der Waals surface area contributed by atoms with Crippen molar-refractivity contribution >= 4 is 45.2 Å². The van der Waals surface area contributed by atoms with E-state index in [1.54, 1.807) is 12.3 Å². The number of pyridine rings is 2. The summed E-state index contributed by atoms with van der Waals surface area (Å²) in [6.07, 6.45) is 5.38. The highest BCUT2D eigenvalue weighted by Gasteiger charge is 2.37. The number of hydrogen-bond donors (Lipinski definition) is 3. The molecule has 0 unspecified atom stereocenters. The van der Waals surface area contributed by atoms with Gasteiger partial charge in [0, 0.05) is 67.4 Å². The molecule has 3 aromatic heterocycles. The van der Waals surface area contributed by atoms with Gasteiger partial charge in [-0.2, -0.15) is 5.26 Å². The quantitative estimate of drug-likeness (QED) is 0.141. The van der Waals surface area contributed by atoms with Crippen LogP contribution < -0.4 is 10.2 Å². The molecule has 1 aliphatic carbocycles. The van der Waals surface area contributed by atoms with E-state index >= 15 is 0 Å². The minimum atomic E-state index is -0.765. The zero-order chi connectivity index (χ0) is 36.1. The maximum absolute atomic E-state index is 11.4. The monoisotopic (exact) mass is 693 g/mol. The molecule has 0 bridgehead atoms. The normalized spacial score (nSPS) is 18.7. The van der Waals surface area contributed by atoms with Crippen molar-refractivity contribution in [1.29, 1.82) is 5.26 Å². The van der Waals surface area contributed by atoms with Gasteiger partial charge in [-0.15, -0.1) is 0 Å². The zero-order valence-corrected chi connectivity index (χ0v) is 29.3. The zero-order valence-electron chi connectivity index (χ0n) is 29.3. The van der Waals surface area contributed by atoms with Crippen LogP contribution in [0.3, 0.4) is 0 Å². The van der Waals surface area contributed by atoms with E-state index < -0.39 is 5.97 Å². The van der Waals surface area contributed by atoms with Crippen molar-refractivity contribution < 1.29 is 19.4 Å². The van der Waals surface area contributed by atoms with E-state index in [9.17, 15) is 20.3 Å². The van der Waals surface area contributed by atoms with Gasteiger partial charge in [-0.05, 0) is 97.3 Å². The molecular formula is C41H39N7O4. The van der Waals surface area contributed by atoms with Crippen LogP contribution in [-0.2, 0) is 11.3 Å². The summed E-state index contributed by atoms with van der Waals surface area (Å²) in [5.74, 6) is 0.0103. The van der Waals surface area contributed by atoms with Gasteiger partial charge in [-0.1, -0.05) is 24.3 Å². The van der Waals surface area contributed by atoms with E-state index in [1.807, 2.05) is 54.5 Å². The highest BCUT2D eigenvalue weighted by atomic mass is 16.4. The summed E-state index contributed by atoms with van der Waals surface area (Å²) in [6, 6.07) is 22.4. The smallest absolute Gasteiger partial charge is 0.306 e. The Morgan fingerprint density at radius 2 is 1.83 bits per heavy atom. The van der Waals surface area contributed by atoms with E-state index in [2.05, 4.69) is 53.3 Å². The van der Waals surface area contributed by atoms with Crippen molar-refractivity contribution in [1.82, 2.24) is 19.9 Å². The maximum Gasteiger partial charge on any atom is 0.306 e. The number of carboxylic acids is 1. The molecule has 4 heterocycles. The molecule has 6 aromatic rings. The number of hydrogen-bond acceptors (Lipinski definition) is 10. The first-order valence-corrected chi connectivity index (χ1v) is 17.6. The predicted molar refractivity (Wildman–Crippen MR) is 200 cm³/mol. The number of carboxylic acid groups (broad SMARTS) is 1. The number of oxazole rings is 1. The van der Waals surface area contributed by atoms with Crippen LogP contribution in [0.1, 0.15) is 41.5 Å². The van der Waals surface area contributed by atoms with E-state index in [1.165, 1.54) is 0 Å². The Morgan fingerprint density at radius 1 is 1.06 bits per heavy atom. The number of likely N-dealkylation sites (tertiary alicyclic amines) is 1. The van der Waals surface area contributed by atoms with Crippen LogP contribution >= 0.6 is 0 Å².